The minimum absolute atomic E-state index is 0.253. The van der Waals surface area contributed by atoms with Gasteiger partial charge in [0.1, 0.15) is 11.2 Å². The van der Waals surface area contributed by atoms with Gasteiger partial charge >= 0.3 is 5.97 Å². The van der Waals surface area contributed by atoms with Crippen molar-refractivity contribution in [3.8, 4) is 0 Å². The molecule has 0 bridgehead atoms. The van der Waals surface area contributed by atoms with E-state index in [-0.39, 0.29) is 11.4 Å². The van der Waals surface area contributed by atoms with Crippen LogP contribution < -0.4 is 0 Å². The van der Waals surface area contributed by atoms with Gasteiger partial charge in [0, 0.05) is 11.5 Å². The molecule has 0 unspecified atom stereocenters. The number of ether oxygens (including phenoxy) is 1. The summed E-state index contributed by atoms with van der Waals surface area (Å²) in [5.41, 5.74) is -2.05. The third-order valence-corrected chi connectivity index (χ3v) is 4.08. The highest BCUT2D eigenvalue weighted by molar-refractivity contribution is 5.84. The van der Waals surface area contributed by atoms with Crippen LogP contribution >= 0.6 is 0 Å². The van der Waals surface area contributed by atoms with Crippen molar-refractivity contribution < 1.29 is 14.6 Å². The zero-order valence-corrected chi connectivity index (χ0v) is 9.54. The summed E-state index contributed by atoms with van der Waals surface area (Å²) < 4.78 is 5.34. The predicted octanol–water partition coefficient (Wildman–Crippen LogP) is 1.80. The lowest BCUT2D eigenvalue weighted by atomic mass is 9.58. The second-order valence-electron chi connectivity index (χ2n) is 5.49. The molecule has 1 saturated carbocycles. The van der Waals surface area contributed by atoms with Gasteiger partial charge in [-0.2, -0.15) is 0 Å². The van der Waals surface area contributed by atoms with Crippen LogP contribution in [-0.2, 0) is 9.53 Å². The maximum absolute atomic E-state index is 11.3. The second kappa shape index (κ2) is 2.85. The fourth-order valence-corrected chi connectivity index (χ4v) is 2.94. The van der Waals surface area contributed by atoms with Gasteiger partial charge in [0.25, 0.3) is 0 Å². The number of esters is 1. The Balaban J connectivity index is 2.50. The Labute approximate surface area is 90.1 Å². The van der Waals surface area contributed by atoms with Crippen LogP contribution in [0.2, 0.25) is 0 Å². The van der Waals surface area contributed by atoms with Crippen LogP contribution in [0.1, 0.15) is 40.0 Å². The highest BCUT2D eigenvalue weighted by atomic mass is 16.6. The molecule has 15 heavy (non-hydrogen) atoms. The third kappa shape index (κ3) is 1.26. The summed E-state index contributed by atoms with van der Waals surface area (Å²) in [7, 11) is 0. The highest BCUT2D eigenvalue weighted by Crippen LogP contribution is 2.52. The molecular formula is C12H18O3. The molecule has 0 aromatic heterocycles. The fraction of sp³-hybridized carbons (Fsp3) is 0.750. The maximum Gasteiger partial charge on any atom is 0.331 e. The first-order chi connectivity index (χ1) is 6.81. The normalized spacial score (nSPS) is 43.3. The van der Waals surface area contributed by atoms with Gasteiger partial charge < -0.3 is 9.84 Å². The molecule has 2 rings (SSSR count). The molecule has 0 amide bonds. The molecule has 0 aromatic carbocycles. The van der Waals surface area contributed by atoms with Crippen LogP contribution in [0.15, 0.2) is 12.2 Å². The molecule has 0 spiro atoms. The summed E-state index contributed by atoms with van der Waals surface area (Å²) in [5.74, 6) is -0.347. The fourth-order valence-electron chi connectivity index (χ4n) is 2.94. The zero-order valence-electron chi connectivity index (χ0n) is 9.54. The van der Waals surface area contributed by atoms with E-state index in [1.165, 1.54) is 6.08 Å². The van der Waals surface area contributed by atoms with Crippen LogP contribution in [0.3, 0.4) is 0 Å². The average molecular weight is 210 g/mol. The van der Waals surface area contributed by atoms with E-state index in [1.54, 1.807) is 6.08 Å². The summed E-state index contributed by atoms with van der Waals surface area (Å²) in [6.45, 7) is 5.87. The number of carbonyl (C=O) groups excluding carboxylic acids is 1. The molecule has 1 aliphatic heterocycles. The highest BCUT2D eigenvalue weighted by Gasteiger charge is 2.60. The topological polar surface area (TPSA) is 46.5 Å². The molecule has 3 heteroatoms. The Bertz CT molecular complexity index is 332. The summed E-state index contributed by atoms with van der Waals surface area (Å²) in [5, 5.41) is 10.7. The zero-order chi connectivity index (χ0) is 11.3. The second-order valence-corrected chi connectivity index (χ2v) is 5.49. The number of hydrogen-bond donors (Lipinski definition) is 1. The van der Waals surface area contributed by atoms with E-state index < -0.39 is 11.2 Å². The van der Waals surface area contributed by atoms with Crippen molar-refractivity contribution >= 4 is 5.97 Å². The van der Waals surface area contributed by atoms with E-state index >= 15 is 0 Å². The standard InChI is InChI=1S/C12H18O3/c1-10(2)6-4-7-11(3)12(10,14)8-5-9(13)15-11/h5,8,14H,4,6-7H2,1-3H3/t11-,12+/m0/s1. The number of rotatable bonds is 0. The molecule has 1 aliphatic carbocycles. The molecule has 1 heterocycles. The first-order valence-electron chi connectivity index (χ1n) is 5.45. The van der Waals surface area contributed by atoms with E-state index in [4.69, 9.17) is 4.74 Å². The molecule has 0 radical (unpaired) electrons. The summed E-state index contributed by atoms with van der Waals surface area (Å²) >= 11 is 0. The lowest BCUT2D eigenvalue weighted by molar-refractivity contribution is -0.222. The Morgan fingerprint density at radius 2 is 2.00 bits per heavy atom. The van der Waals surface area contributed by atoms with Crippen LogP contribution in [0, 0.1) is 5.41 Å². The van der Waals surface area contributed by atoms with Gasteiger partial charge in [-0.25, -0.2) is 4.79 Å². The van der Waals surface area contributed by atoms with Gasteiger partial charge in [-0.15, -0.1) is 0 Å². The first kappa shape index (κ1) is 10.7. The van der Waals surface area contributed by atoms with Gasteiger partial charge in [0.15, 0.2) is 0 Å². The first-order valence-corrected chi connectivity index (χ1v) is 5.45. The van der Waals surface area contributed by atoms with Gasteiger partial charge in [-0.1, -0.05) is 13.8 Å². The van der Waals surface area contributed by atoms with Crippen molar-refractivity contribution in [1.29, 1.82) is 0 Å². The van der Waals surface area contributed by atoms with Crippen molar-refractivity contribution in [3.63, 3.8) is 0 Å². The maximum atomic E-state index is 11.3. The Kier molecular flexibility index (Phi) is 2.03. The molecule has 0 aromatic rings. The summed E-state index contributed by atoms with van der Waals surface area (Å²) in [6, 6.07) is 0. The van der Waals surface area contributed by atoms with Crippen LogP contribution in [-0.4, -0.2) is 22.3 Å². The van der Waals surface area contributed by atoms with Crippen LogP contribution in [0.5, 0.6) is 0 Å². The lowest BCUT2D eigenvalue weighted by Gasteiger charge is -2.56. The number of carbonyl (C=O) groups is 1. The Morgan fingerprint density at radius 3 is 2.67 bits per heavy atom. The van der Waals surface area contributed by atoms with Crippen LogP contribution in [0.4, 0.5) is 0 Å². The molecule has 1 N–H and O–H groups in total. The third-order valence-electron chi connectivity index (χ3n) is 4.08. The van der Waals surface area contributed by atoms with Gasteiger partial charge in [-0.3, -0.25) is 0 Å². The van der Waals surface area contributed by atoms with Crippen molar-refractivity contribution in [2.45, 2.75) is 51.2 Å². The molecule has 2 aliphatic rings. The quantitative estimate of drug-likeness (QED) is 0.620. The Hall–Kier alpha value is -0.830. The van der Waals surface area contributed by atoms with Crippen LogP contribution in [0.25, 0.3) is 0 Å². The van der Waals surface area contributed by atoms with E-state index in [9.17, 15) is 9.90 Å². The van der Waals surface area contributed by atoms with Gasteiger partial charge in [-0.05, 0) is 32.3 Å². The van der Waals surface area contributed by atoms with Crippen molar-refractivity contribution in [2.24, 2.45) is 5.41 Å². The molecular weight excluding hydrogens is 192 g/mol. The molecule has 84 valence electrons. The predicted molar refractivity (Wildman–Crippen MR) is 56.2 cm³/mol. The van der Waals surface area contributed by atoms with Gasteiger partial charge in [0.05, 0.1) is 0 Å². The minimum atomic E-state index is -1.04. The van der Waals surface area contributed by atoms with Gasteiger partial charge in [0.2, 0.25) is 0 Å². The SMILES string of the molecule is CC1(C)CCC[C@]2(C)OC(=O)C=C[C@@]12O. The van der Waals surface area contributed by atoms with Crippen molar-refractivity contribution in [2.75, 3.05) is 0 Å². The van der Waals surface area contributed by atoms with E-state index in [1.807, 2.05) is 20.8 Å². The van der Waals surface area contributed by atoms with E-state index in [0.717, 1.165) is 19.3 Å². The molecule has 0 saturated heterocycles. The van der Waals surface area contributed by atoms with Crippen molar-refractivity contribution in [1.82, 2.24) is 0 Å². The summed E-state index contributed by atoms with van der Waals surface area (Å²) in [6.07, 6.45) is 5.61. The smallest absolute Gasteiger partial charge is 0.331 e. The lowest BCUT2D eigenvalue weighted by Crippen LogP contribution is -2.65. The van der Waals surface area contributed by atoms with E-state index in [0.29, 0.717) is 0 Å². The summed E-state index contributed by atoms with van der Waals surface area (Å²) in [4.78, 5) is 11.3. The van der Waals surface area contributed by atoms with Crippen molar-refractivity contribution in [3.05, 3.63) is 12.2 Å². The Morgan fingerprint density at radius 1 is 1.33 bits per heavy atom. The number of fused-ring (bicyclic) bond motifs is 1. The molecule has 3 nitrogen and oxygen atoms in total. The largest absolute Gasteiger partial charge is 0.453 e. The number of hydrogen-bond acceptors (Lipinski definition) is 3. The minimum Gasteiger partial charge on any atom is -0.453 e. The number of aliphatic hydroxyl groups is 1. The van der Waals surface area contributed by atoms with E-state index in [2.05, 4.69) is 0 Å². The molecule has 2 atom stereocenters. The monoisotopic (exact) mass is 210 g/mol. The molecule has 1 fully saturated rings. The average Bonchev–Trinajstić information content (AvgIpc) is 2.09.